The maximum Gasteiger partial charge on any atom is 0.0462 e. The lowest BCUT2D eigenvalue weighted by molar-refractivity contribution is 1.28. The van der Waals surface area contributed by atoms with Gasteiger partial charge in [0.25, 0.3) is 0 Å². The number of nitrogens with zero attached hydrogens (tertiary/aromatic N) is 2. The second kappa shape index (κ2) is 12.8. The van der Waals surface area contributed by atoms with Crippen LogP contribution in [0.1, 0.15) is 5.56 Å². The van der Waals surface area contributed by atoms with Crippen molar-refractivity contribution in [3.63, 3.8) is 0 Å². The van der Waals surface area contributed by atoms with Gasteiger partial charge in [-0.2, -0.15) is 0 Å². The highest BCUT2D eigenvalue weighted by Gasteiger charge is 2.14. The van der Waals surface area contributed by atoms with E-state index in [-0.39, 0.29) is 0 Å². The summed E-state index contributed by atoms with van der Waals surface area (Å²) in [5, 5.41) is 0. The average Bonchev–Trinajstić information content (AvgIpc) is 3.11. The third-order valence-electron chi connectivity index (χ3n) is 8.14. The van der Waals surface area contributed by atoms with Crippen molar-refractivity contribution in [3.05, 3.63) is 194 Å². The van der Waals surface area contributed by atoms with Gasteiger partial charge in [-0.1, -0.05) is 121 Å². The molecule has 0 aliphatic carbocycles. The highest BCUT2D eigenvalue weighted by atomic mass is 15.1. The largest absolute Gasteiger partial charge is 0.311 e. The summed E-state index contributed by atoms with van der Waals surface area (Å²) in [6, 6.07) is 66.8. The molecule has 0 atom stereocenters. The molecule has 0 aromatic heterocycles. The Bertz CT molecular complexity index is 1910. The van der Waals surface area contributed by atoms with Crippen molar-refractivity contribution >= 4 is 34.1 Å². The Morgan fingerprint density at radius 3 is 0.733 bits per heavy atom. The van der Waals surface area contributed by atoms with Crippen molar-refractivity contribution in [1.29, 1.82) is 0 Å². The Kier molecular flexibility index (Phi) is 7.94. The molecule has 0 fully saturated rings. The first-order valence-electron chi connectivity index (χ1n) is 15.4. The topological polar surface area (TPSA) is 6.48 Å². The molecule has 0 saturated heterocycles. The van der Waals surface area contributed by atoms with Gasteiger partial charge in [-0.3, -0.25) is 0 Å². The van der Waals surface area contributed by atoms with E-state index in [2.05, 4.69) is 205 Å². The smallest absolute Gasteiger partial charge is 0.0462 e. The van der Waals surface area contributed by atoms with Crippen molar-refractivity contribution in [1.82, 2.24) is 0 Å². The lowest BCUT2D eigenvalue weighted by atomic mass is 10.0. The monoisotopic (exact) mass is 578 g/mol. The predicted octanol–water partition coefficient (Wildman–Crippen LogP) is 12.3. The van der Waals surface area contributed by atoms with Crippen LogP contribution in [0.2, 0.25) is 0 Å². The Hall–Kier alpha value is -5.86. The van der Waals surface area contributed by atoms with Crippen molar-refractivity contribution in [2.45, 2.75) is 6.92 Å². The minimum atomic E-state index is 1.11. The first-order valence-corrected chi connectivity index (χ1v) is 15.4. The van der Waals surface area contributed by atoms with Crippen LogP contribution in [0.4, 0.5) is 34.1 Å². The molecule has 0 radical (unpaired) electrons. The third-order valence-corrected chi connectivity index (χ3v) is 8.14. The molecule has 2 nitrogen and oxygen atoms in total. The highest BCUT2D eigenvalue weighted by molar-refractivity contribution is 5.81. The normalized spacial score (nSPS) is 10.8. The van der Waals surface area contributed by atoms with E-state index < -0.39 is 0 Å². The van der Waals surface area contributed by atoms with Crippen LogP contribution in [0.25, 0.3) is 22.3 Å². The van der Waals surface area contributed by atoms with Gasteiger partial charge in [0, 0.05) is 34.1 Å². The van der Waals surface area contributed by atoms with Gasteiger partial charge in [-0.05, 0) is 102 Å². The van der Waals surface area contributed by atoms with E-state index in [1.807, 2.05) is 0 Å². The first-order chi connectivity index (χ1) is 22.2. The number of para-hydroxylation sites is 3. The fourth-order valence-corrected chi connectivity index (χ4v) is 5.78. The van der Waals surface area contributed by atoms with E-state index in [4.69, 9.17) is 0 Å². The maximum atomic E-state index is 2.31. The lowest BCUT2D eigenvalue weighted by Gasteiger charge is -2.26. The zero-order valence-electron chi connectivity index (χ0n) is 25.3. The van der Waals surface area contributed by atoms with Crippen LogP contribution in [-0.2, 0) is 0 Å². The van der Waals surface area contributed by atoms with Gasteiger partial charge >= 0.3 is 0 Å². The van der Waals surface area contributed by atoms with Gasteiger partial charge in [0.15, 0.2) is 0 Å². The summed E-state index contributed by atoms with van der Waals surface area (Å²) >= 11 is 0. The van der Waals surface area contributed by atoms with Gasteiger partial charge in [0.1, 0.15) is 0 Å². The van der Waals surface area contributed by atoms with Gasteiger partial charge in [-0.25, -0.2) is 0 Å². The van der Waals surface area contributed by atoms with Crippen molar-refractivity contribution < 1.29 is 0 Å². The molecule has 0 N–H and O–H groups in total. The van der Waals surface area contributed by atoms with Crippen molar-refractivity contribution in [2.24, 2.45) is 0 Å². The van der Waals surface area contributed by atoms with E-state index >= 15 is 0 Å². The van der Waals surface area contributed by atoms with Gasteiger partial charge in [0.05, 0.1) is 0 Å². The molecule has 0 aliphatic rings. The lowest BCUT2D eigenvalue weighted by Crippen LogP contribution is -2.09. The van der Waals surface area contributed by atoms with Crippen LogP contribution < -0.4 is 9.80 Å². The van der Waals surface area contributed by atoms with E-state index in [0.29, 0.717) is 0 Å². The molecule has 0 saturated carbocycles. The van der Waals surface area contributed by atoms with Crippen LogP contribution in [0.15, 0.2) is 188 Å². The third kappa shape index (κ3) is 6.13. The zero-order valence-corrected chi connectivity index (χ0v) is 25.3. The number of aryl methyl sites for hydroxylation is 1. The Balaban J connectivity index is 1.18. The SMILES string of the molecule is Cc1ccc(-c2ccc(N(c3ccccc3)c3ccc(-c4ccc(N(c5ccccc5)c5ccccc5)cc4)cc3)cc2)cc1. The number of rotatable bonds is 8. The maximum absolute atomic E-state index is 2.31. The number of hydrogen-bond donors (Lipinski definition) is 0. The fraction of sp³-hybridized carbons (Fsp3) is 0.0233. The average molecular weight is 579 g/mol. The van der Waals surface area contributed by atoms with Crippen LogP contribution in [0, 0.1) is 6.92 Å². The molecule has 216 valence electrons. The predicted molar refractivity (Wildman–Crippen MR) is 191 cm³/mol. The summed E-state index contributed by atoms with van der Waals surface area (Å²) in [5.74, 6) is 0. The van der Waals surface area contributed by atoms with Crippen LogP contribution >= 0.6 is 0 Å². The quantitative estimate of drug-likeness (QED) is 0.177. The summed E-state index contributed by atoms with van der Waals surface area (Å²) in [4.78, 5) is 4.60. The standard InChI is InChI=1S/C43H34N2/c1-33-17-19-34(20-18-33)35-21-29-42(30-22-35)45(40-15-9-4-10-16-40)43-31-25-37(26-32-43)36-23-27-41(28-24-36)44(38-11-5-2-6-12-38)39-13-7-3-8-14-39/h2-32H,1H3. The molecule has 0 aliphatic heterocycles. The number of benzene rings is 7. The van der Waals surface area contributed by atoms with Crippen molar-refractivity contribution in [3.8, 4) is 22.3 Å². The summed E-state index contributed by atoms with van der Waals surface area (Å²) in [7, 11) is 0. The van der Waals surface area contributed by atoms with Crippen molar-refractivity contribution in [2.75, 3.05) is 9.80 Å². The fourth-order valence-electron chi connectivity index (χ4n) is 5.78. The van der Waals surface area contributed by atoms with Gasteiger partial charge in [0.2, 0.25) is 0 Å². The highest BCUT2D eigenvalue weighted by Crippen LogP contribution is 2.38. The number of anilines is 6. The molecule has 2 heteroatoms. The Morgan fingerprint density at radius 2 is 0.467 bits per heavy atom. The molecule has 7 rings (SSSR count). The van der Waals surface area contributed by atoms with E-state index in [1.165, 1.54) is 27.8 Å². The van der Waals surface area contributed by atoms with Crippen LogP contribution in [0.3, 0.4) is 0 Å². The summed E-state index contributed by atoms with van der Waals surface area (Å²) in [6.07, 6.45) is 0. The summed E-state index contributed by atoms with van der Waals surface area (Å²) in [5.41, 5.74) is 12.8. The minimum Gasteiger partial charge on any atom is -0.311 e. The minimum absolute atomic E-state index is 1.11. The molecule has 0 heterocycles. The first kappa shape index (κ1) is 27.9. The molecule has 7 aromatic rings. The number of hydrogen-bond acceptors (Lipinski definition) is 2. The molecular weight excluding hydrogens is 544 g/mol. The van der Waals surface area contributed by atoms with Gasteiger partial charge in [-0.15, -0.1) is 0 Å². The van der Waals surface area contributed by atoms with Gasteiger partial charge < -0.3 is 9.80 Å². The zero-order chi connectivity index (χ0) is 30.4. The van der Waals surface area contributed by atoms with E-state index in [9.17, 15) is 0 Å². The molecule has 0 spiro atoms. The summed E-state index contributed by atoms with van der Waals surface area (Å²) < 4.78 is 0. The molecule has 0 unspecified atom stereocenters. The van der Waals surface area contributed by atoms with E-state index in [1.54, 1.807) is 0 Å². The van der Waals surface area contributed by atoms with Crippen LogP contribution in [-0.4, -0.2) is 0 Å². The molecule has 45 heavy (non-hydrogen) atoms. The Labute approximate surface area is 266 Å². The molecule has 7 aromatic carbocycles. The molecule has 0 bridgehead atoms. The van der Waals surface area contributed by atoms with Crippen LogP contribution in [0.5, 0.6) is 0 Å². The summed E-state index contributed by atoms with van der Waals surface area (Å²) in [6.45, 7) is 2.12. The second-order valence-corrected chi connectivity index (χ2v) is 11.2. The van der Waals surface area contributed by atoms with E-state index in [0.717, 1.165) is 34.1 Å². The molecular formula is C43H34N2. The molecule has 0 amide bonds. The second-order valence-electron chi connectivity index (χ2n) is 11.2. The Morgan fingerprint density at radius 1 is 0.244 bits per heavy atom.